The monoisotopic (exact) mass is 434 g/mol. The van der Waals surface area contributed by atoms with Crippen LogP contribution in [0.15, 0.2) is 57.0 Å². The third-order valence-electron chi connectivity index (χ3n) is 3.51. The Kier molecular flexibility index (Phi) is 5.67. The van der Waals surface area contributed by atoms with Gasteiger partial charge >= 0.3 is 0 Å². The van der Waals surface area contributed by atoms with E-state index in [2.05, 4.69) is 26.6 Å². The number of hydrogen-bond donors (Lipinski definition) is 1. The van der Waals surface area contributed by atoms with E-state index in [0.29, 0.717) is 10.6 Å². The average Bonchev–Trinajstić information content (AvgIpc) is 3.25. The van der Waals surface area contributed by atoms with E-state index < -0.39 is 0 Å². The largest absolute Gasteiger partial charge is 0.332 e. The molecule has 0 fully saturated rings. The SMILES string of the molecule is CN(CC(=O)Nc1cccc(-c2ccsc2)c1)C(=O)c1ccc(Br)s1. The lowest BCUT2D eigenvalue weighted by Gasteiger charge is -2.16. The zero-order valence-electron chi connectivity index (χ0n) is 13.4. The van der Waals surface area contributed by atoms with Crippen LogP contribution in [0.2, 0.25) is 0 Å². The topological polar surface area (TPSA) is 49.4 Å². The quantitative estimate of drug-likeness (QED) is 0.617. The lowest BCUT2D eigenvalue weighted by atomic mass is 10.1. The summed E-state index contributed by atoms with van der Waals surface area (Å²) >= 11 is 6.32. The maximum absolute atomic E-state index is 12.3. The molecule has 7 heteroatoms. The number of halogens is 1. The van der Waals surface area contributed by atoms with Crippen molar-refractivity contribution in [1.82, 2.24) is 4.90 Å². The molecule has 0 aliphatic rings. The molecule has 2 heterocycles. The van der Waals surface area contributed by atoms with Gasteiger partial charge in [0.15, 0.2) is 0 Å². The van der Waals surface area contributed by atoms with Crippen LogP contribution in [-0.2, 0) is 4.79 Å². The molecule has 2 amide bonds. The zero-order valence-corrected chi connectivity index (χ0v) is 16.6. The van der Waals surface area contributed by atoms with E-state index in [9.17, 15) is 9.59 Å². The minimum absolute atomic E-state index is 0.00295. The predicted molar refractivity (Wildman–Crippen MR) is 107 cm³/mol. The lowest BCUT2D eigenvalue weighted by molar-refractivity contribution is -0.116. The summed E-state index contributed by atoms with van der Waals surface area (Å²) in [6.07, 6.45) is 0. The predicted octanol–water partition coefficient (Wildman–Crippen LogP) is 4.95. The third-order valence-corrected chi connectivity index (χ3v) is 5.81. The smallest absolute Gasteiger partial charge is 0.264 e. The van der Waals surface area contributed by atoms with Gasteiger partial charge in [-0.3, -0.25) is 9.59 Å². The molecule has 0 atom stereocenters. The maximum Gasteiger partial charge on any atom is 0.264 e. The Labute approximate surface area is 162 Å². The first-order valence-electron chi connectivity index (χ1n) is 7.46. The van der Waals surface area contributed by atoms with Crippen molar-refractivity contribution in [1.29, 1.82) is 0 Å². The van der Waals surface area contributed by atoms with Crippen LogP contribution in [0.4, 0.5) is 5.69 Å². The van der Waals surface area contributed by atoms with E-state index in [1.807, 2.05) is 41.8 Å². The van der Waals surface area contributed by atoms with Crippen molar-refractivity contribution < 1.29 is 9.59 Å². The molecule has 0 bridgehead atoms. The Morgan fingerprint density at radius 2 is 2.00 bits per heavy atom. The fraction of sp³-hybridized carbons (Fsp3) is 0.111. The van der Waals surface area contributed by atoms with Gasteiger partial charge in [-0.15, -0.1) is 11.3 Å². The maximum atomic E-state index is 12.3. The molecule has 0 saturated carbocycles. The van der Waals surface area contributed by atoms with E-state index in [4.69, 9.17) is 0 Å². The van der Waals surface area contributed by atoms with Crippen LogP contribution in [0.1, 0.15) is 9.67 Å². The van der Waals surface area contributed by atoms with Crippen molar-refractivity contribution >= 4 is 56.1 Å². The fourth-order valence-electron chi connectivity index (χ4n) is 2.31. The number of thiophene rings is 2. The number of amides is 2. The highest BCUT2D eigenvalue weighted by atomic mass is 79.9. The van der Waals surface area contributed by atoms with Crippen LogP contribution < -0.4 is 5.32 Å². The first-order valence-corrected chi connectivity index (χ1v) is 10.0. The third kappa shape index (κ3) is 4.56. The first kappa shape index (κ1) is 17.8. The number of likely N-dealkylation sites (N-methyl/N-ethyl adjacent to an activating group) is 1. The van der Waals surface area contributed by atoms with Gasteiger partial charge in [-0.25, -0.2) is 0 Å². The van der Waals surface area contributed by atoms with Gasteiger partial charge in [0.05, 0.1) is 15.2 Å². The molecule has 4 nitrogen and oxygen atoms in total. The molecule has 0 aliphatic heterocycles. The van der Waals surface area contributed by atoms with Gasteiger partial charge in [-0.2, -0.15) is 11.3 Å². The summed E-state index contributed by atoms with van der Waals surface area (Å²) in [5.74, 6) is -0.396. The van der Waals surface area contributed by atoms with Crippen LogP contribution in [0.3, 0.4) is 0 Å². The summed E-state index contributed by atoms with van der Waals surface area (Å²) in [5.41, 5.74) is 2.89. The molecule has 0 spiro atoms. The number of nitrogens with one attached hydrogen (secondary N) is 1. The molecule has 3 rings (SSSR count). The van der Waals surface area contributed by atoms with Crippen molar-refractivity contribution in [3.05, 3.63) is 61.9 Å². The second kappa shape index (κ2) is 7.95. The average molecular weight is 435 g/mol. The Hall–Kier alpha value is -1.96. The molecule has 2 aromatic heterocycles. The Morgan fingerprint density at radius 3 is 2.68 bits per heavy atom. The zero-order chi connectivity index (χ0) is 17.8. The summed E-state index contributed by atoms with van der Waals surface area (Å²) in [5, 5.41) is 6.93. The molecule has 128 valence electrons. The van der Waals surface area contributed by atoms with Crippen LogP contribution in [0.25, 0.3) is 11.1 Å². The van der Waals surface area contributed by atoms with Gasteiger partial charge in [0.25, 0.3) is 5.91 Å². The molecule has 25 heavy (non-hydrogen) atoms. The van der Waals surface area contributed by atoms with Crippen LogP contribution >= 0.6 is 38.6 Å². The Morgan fingerprint density at radius 1 is 1.16 bits per heavy atom. The molecular weight excluding hydrogens is 420 g/mol. The van der Waals surface area contributed by atoms with Crippen molar-refractivity contribution in [2.45, 2.75) is 0 Å². The summed E-state index contributed by atoms with van der Waals surface area (Å²) in [6.45, 7) is -0.00295. The minimum atomic E-state index is -0.228. The van der Waals surface area contributed by atoms with E-state index in [1.165, 1.54) is 16.2 Å². The van der Waals surface area contributed by atoms with Crippen LogP contribution in [0, 0.1) is 0 Å². The summed E-state index contributed by atoms with van der Waals surface area (Å²) in [7, 11) is 1.62. The molecule has 1 aromatic carbocycles. The first-order chi connectivity index (χ1) is 12.0. The van der Waals surface area contributed by atoms with Crippen molar-refractivity contribution in [3.63, 3.8) is 0 Å². The van der Waals surface area contributed by atoms with Crippen molar-refractivity contribution in [2.75, 3.05) is 18.9 Å². The number of carbonyl (C=O) groups excluding carboxylic acids is 2. The molecule has 0 unspecified atom stereocenters. The number of hydrogen-bond acceptors (Lipinski definition) is 4. The summed E-state index contributed by atoms with van der Waals surface area (Å²) in [4.78, 5) is 26.6. The van der Waals surface area contributed by atoms with E-state index in [-0.39, 0.29) is 18.4 Å². The standard InChI is InChI=1S/C18H15BrN2O2S2/c1-21(18(23)15-5-6-16(19)25-15)10-17(22)20-14-4-2-3-12(9-14)13-7-8-24-11-13/h2-9,11H,10H2,1H3,(H,20,22). The highest BCUT2D eigenvalue weighted by Gasteiger charge is 2.16. The van der Waals surface area contributed by atoms with Crippen molar-refractivity contribution in [2.24, 2.45) is 0 Å². The number of nitrogens with zero attached hydrogens (tertiary/aromatic N) is 1. The van der Waals surface area contributed by atoms with Gasteiger partial charge < -0.3 is 10.2 Å². The van der Waals surface area contributed by atoms with Gasteiger partial charge in [-0.1, -0.05) is 12.1 Å². The van der Waals surface area contributed by atoms with Gasteiger partial charge in [-0.05, 0) is 68.1 Å². The molecule has 0 radical (unpaired) electrons. The highest BCUT2D eigenvalue weighted by molar-refractivity contribution is 9.11. The normalized spacial score (nSPS) is 10.5. The van der Waals surface area contributed by atoms with Crippen LogP contribution in [0.5, 0.6) is 0 Å². The number of rotatable bonds is 5. The molecule has 1 N–H and O–H groups in total. The number of benzene rings is 1. The number of anilines is 1. The van der Waals surface area contributed by atoms with E-state index in [1.54, 1.807) is 24.5 Å². The van der Waals surface area contributed by atoms with Gasteiger partial charge in [0.1, 0.15) is 0 Å². The summed E-state index contributed by atoms with van der Waals surface area (Å²) < 4.78 is 0.888. The Bertz CT molecular complexity index is 890. The van der Waals surface area contributed by atoms with Gasteiger partial charge in [0, 0.05) is 12.7 Å². The fourth-order valence-corrected chi connectivity index (χ4v) is 4.36. The molecule has 3 aromatic rings. The van der Waals surface area contributed by atoms with Crippen molar-refractivity contribution in [3.8, 4) is 11.1 Å². The lowest BCUT2D eigenvalue weighted by Crippen LogP contribution is -2.34. The number of carbonyl (C=O) groups is 2. The molecule has 0 saturated heterocycles. The summed E-state index contributed by atoms with van der Waals surface area (Å²) in [6, 6.07) is 13.3. The molecule has 0 aliphatic carbocycles. The highest BCUT2D eigenvalue weighted by Crippen LogP contribution is 2.25. The van der Waals surface area contributed by atoms with E-state index >= 15 is 0 Å². The van der Waals surface area contributed by atoms with Gasteiger partial charge in [0.2, 0.25) is 5.91 Å². The minimum Gasteiger partial charge on any atom is -0.332 e. The molecular formula is C18H15BrN2O2S2. The second-order valence-corrected chi connectivity index (χ2v) is 8.65. The van der Waals surface area contributed by atoms with Crippen LogP contribution in [-0.4, -0.2) is 30.3 Å². The van der Waals surface area contributed by atoms with E-state index in [0.717, 1.165) is 14.9 Å². The Balaban J connectivity index is 1.62. The second-order valence-electron chi connectivity index (χ2n) is 5.41.